The van der Waals surface area contributed by atoms with Crippen LogP contribution < -0.4 is 0 Å². The van der Waals surface area contributed by atoms with Crippen molar-refractivity contribution in [3.8, 4) is 0 Å². The zero-order valence-corrected chi connectivity index (χ0v) is 10.6. The van der Waals surface area contributed by atoms with Gasteiger partial charge < -0.3 is 15.2 Å². The predicted octanol–water partition coefficient (Wildman–Crippen LogP) is 1.82. The Morgan fingerprint density at radius 3 is 2.24 bits per heavy atom. The van der Waals surface area contributed by atoms with Gasteiger partial charge in [-0.25, -0.2) is 4.98 Å². The average molecular weight is 234 g/mol. The van der Waals surface area contributed by atoms with Crippen molar-refractivity contribution in [3.63, 3.8) is 0 Å². The molecule has 0 radical (unpaired) electrons. The summed E-state index contributed by atoms with van der Waals surface area (Å²) < 4.78 is 0. The van der Waals surface area contributed by atoms with E-state index >= 15 is 0 Å². The number of hydrogen-bond donors (Lipinski definition) is 3. The molecule has 2 aromatic rings. The normalized spacial score (nSPS) is 13.3. The Hall–Kier alpha value is -1.39. The molecular weight excluding hydrogens is 216 g/mol. The second-order valence-electron chi connectivity index (χ2n) is 4.54. The minimum absolute atomic E-state index is 0.324. The molecule has 4 nitrogen and oxygen atoms in total. The lowest BCUT2D eigenvalue weighted by Gasteiger charge is -2.09. The molecule has 0 saturated carbocycles. The highest BCUT2D eigenvalue weighted by atomic mass is 16.3. The first-order chi connectivity index (χ1) is 7.97. The van der Waals surface area contributed by atoms with Crippen LogP contribution >= 0.6 is 0 Å². The first-order valence-corrected chi connectivity index (χ1v) is 5.72. The van der Waals surface area contributed by atoms with Gasteiger partial charge in [-0.2, -0.15) is 0 Å². The zero-order chi connectivity index (χ0) is 12.7. The van der Waals surface area contributed by atoms with Crippen molar-refractivity contribution in [1.82, 2.24) is 9.97 Å². The van der Waals surface area contributed by atoms with Crippen LogP contribution in [0.1, 0.15) is 34.2 Å². The Kier molecular flexibility index (Phi) is 2.93. The minimum atomic E-state index is -0.943. The second kappa shape index (κ2) is 4.13. The molecule has 1 aromatic heterocycles. The number of aromatic amines is 1. The predicted molar refractivity (Wildman–Crippen MR) is 67.1 cm³/mol. The van der Waals surface area contributed by atoms with Crippen molar-refractivity contribution in [2.75, 3.05) is 6.61 Å². The van der Waals surface area contributed by atoms with Gasteiger partial charge in [-0.3, -0.25) is 0 Å². The van der Waals surface area contributed by atoms with E-state index in [1.807, 2.05) is 13.8 Å². The SMILES string of the molecule is Cc1c(C)c(C)c2[nH]c(C(O)CO)nc2c1C. The van der Waals surface area contributed by atoms with Crippen LogP contribution in [0.5, 0.6) is 0 Å². The number of imidazole rings is 1. The van der Waals surface area contributed by atoms with Gasteiger partial charge in [0.25, 0.3) is 0 Å². The summed E-state index contributed by atoms with van der Waals surface area (Å²) in [6, 6.07) is 0. The van der Waals surface area contributed by atoms with E-state index in [0.717, 1.165) is 22.2 Å². The quantitative estimate of drug-likeness (QED) is 0.742. The molecule has 92 valence electrons. The second-order valence-corrected chi connectivity index (χ2v) is 4.54. The number of H-pyrrole nitrogens is 1. The summed E-state index contributed by atoms with van der Waals surface area (Å²) >= 11 is 0. The van der Waals surface area contributed by atoms with Crippen LogP contribution in [0.2, 0.25) is 0 Å². The third kappa shape index (κ3) is 1.73. The summed E-state index contributed by atoms with van der Waals surface area (Å²) in [6.07, 6.45) is -0.943. The third-order valence-electron chi connectivity index (χ3n) is 3.63. The fourth-order valence-corrected chi connectivity index (χ4v) is 2.11. The molecule has 0 amide bonds. The van der Waals surface area contributed by atoms with Gasteiger partial charge in [-0.05, 0) is 49.9 Å². The molecule has 0 aliphatic carbocycles. The number of rotatable bonds is 2. The Morgan fingerprint density at radius 1 is 1.06 bits per heavy atom. The summed E-state index contributed by atoms with van der Waals surface area (Å²) in [6.45, 7) is 7.90. The van der Waals surface area contributed by atoms with Gasteiger partial charge in [0.15, 0.2) is 0 Å². The Morgan fingerprint density at radius 2 is 1.65 bits per heavy atom. The van der Waals surface area contributed by atoms with Gasteiger partial charge in [0.1, 0.15) is 11.9 Å². The van der Waals surface area contributed by atoms with Crippen molar-refractivity contribution in [2.45, 2.75) is 33.8 Å². The Bertz CT molecular complexity index is 528. The summed E-state index contributed by atoms with van der Waals surface area (Å²) in [4.78, 5) is 7.48. The van der Waals surface area contributed by atoms with Crippen LogP contribution in [-0.4, -0.2) is 26.8 Å². The molecule has 0 aliphatic heterocycles. The van der Waals surface area contributed by atoms with E-state index in [-0.39, 0.29) is 6.61 Å². The van der Waals surface area contributed by atoms with Crippen LogP contribution in [-0.2, 0) is 0 Å². The molecule has 0 saturated heterocycles. The van der Waals surface area contributed by atoms with E-state index in [0.29, 0.717) is 5.82 Å². The zero-order valence-electron chi connectivity index (χ0n) is 10.6. The van der Waals surface area contributed by atoms with Gasteiger partial charge in [0.2, 0.25) is 0 Å². The van der Waals surface area contributed by atoms with E-state index < -0.39 is 6.10 Å². The molecule has 2 rings (SSSR count). The highest BCUT2D eigenvalue weighted by Crippen LogP contribution is 2.28. The Balaban J connectivity index is 2.77. The lowest BCUT2D eigenvalue weighted by Crippen LogP contribution is -2.04. The van der Waals surface area contributed by atoms with E-state index in [2.05, 4.69) is 23.8 Å². The summed E-state index contributed by atoms with van der Waals surface area (Å²) in [5.74, 6) is 0.429. The maximum absolute atomic E-state index is 9.61. The van der Waals surface area contributed by atoms with Gasteiger partial charge >= 0.3 is 0 Å². The van der Waals surface area contributed by atoms with Crippen molar-refractivity contribution >= 4 is 11.0 Å². The summed E-state index contributed by atoms with van der Waals surface area (Å²) in [7, 11) is 0. The maximum atomic E-state index is 9.61. The maximum Gasteiger partial charge on any atom is 0.138 e. The monoisotopic (exact) mass is 234 g/mol. The van der Waals surface area contributed by atoms with E-state index in [1.165, 1.54) is 11.1 Å². The molecule has 17 heavy (non-hydrogen) atoms. The number of aliphatic hydroxyl groups excluding tert-OH is 2. The van der Waals surface area contributed by atoms with Gasteiger partial charge in [0, 0.05) is 0 Å². The molecule has 1 unspecified atom stereocenters. The van der Waals surface area contributed by atoms with Crippen LogP contribution in [0.25, 0.3) is 11.0 Å². The van der Waals surface area contributed by atoms with Crippen LogP contribution in [0.4, 0.5) is 0 Å². The smallest absolute Gasteiger partial charge is 0.138 e. The first-order valence-electron chi connectivity index (χ1n) is 5.72. The third-order valence-corrected chi connectivity index (χ3v) is 3.63. The molecule has 0 aliphatic rings. The number of aryl methyl sites for hydroxylation is 2. The minimum Gasteiger partial charge on any atom is -0.393 e. The van der Waals surface area contributed by atoms with E-state index in [4.69, 9.17) is 5.11 Å². The largest absolute Gasteiger partial charge is 0.393 e. The van der Waals surface area contributed by atoms with Gasteiger partial charge in [-0.15, -0.1) is 0 Å². The highest BCUT2D eigenvalue weighted by Gasteiger charge is 2.16. The molecule has 4 heteroatoms. The van der Waals surface area contributed by atoms with E-state index in [9.17, 15) is 5.11 Å². The first kappa shape index (κ1) is 12.1. The standard InChI is InChI=1S/C13H18N2O2/c1-6-7(2)9(4)12-11(8(6)3)14-13(15-12)10(17)5-16/h10,16-17H,5H2,1-4H3,(H,14,15). The topological polar surface area (TPSA) is 69.1 Å². The number of hydrogen-bond acceptors (Lipinski definition) is 3. The number of nitrogens with one attached hydrogen (secondary N) is 1. The summed E-state index contributed by atoms with van der Waals surface area (Å²) in [5, 5.41) is 18.6. The van der Waals surface area contributed by atoms with Crippen LogP contribution in [0, 0.1) is 27.7 Å². The van der Waals surface area contributed by atoms with E-state index in [1.54, 1.807) is 0 Å². The average Bonchev–Trinajstić information content (AvgIpc) is 2.77. The fourth-order valence-electron chi connectivity index (χ4n) is 2.11. The molecular formula is C13H18N2O2. The summed E-state index contributed by atoms with van der Waals surface area (Å²) in [5.41, 5.74) is 6.57. The number of aromatic nitrogens is 2. The fraction of sp³-hybridized carbons (Fsp3) is 0.462. The van der Waals surface area contributed by atoms with Crippen molar-refractivity contribution in [1.29, 1.82) is 0 Å². The van der Waals surface area contributed by atoms with Gasteiger partial charge in [-0.1, -0.05) is 0 Å². The van der Waals surface area contributed by atoms with Crippen molar-refractivity contribution < 1.29 is 10.2 Å². The molecule has 1 atom stereocenters. The van der Waals surface area contributed by atoms with Crippen molar-refractivity contribution in [2.24, 2.45) is 0 Å². The lowest BCUT2D eigenvalue weighted by molar-refractivity contribution is 0.0895. The lowest BCUT2D eigenvalue weighted by atomic mass is 9.98. The number of nitrogens with zero attached hydrogens (tertiary/aromatic N) is 1. The number of aliphatic hydroxyl groups is 2. The molecule has 0 fully saturated rings. The molecule has 1 heterocycles. The van der Waals surface area contributed by atoms with Crippen LogP contribution in [0.15, 0.2) is 0 Å². The number of benzene rings is 1. The van der Waals surface area contributed by atoms with Crippen LogP contribution in [0.3, 0.4) is 0 Å². The molecule has 0 spiro atoms. The van der Waals surface area contributed by atoms with Gasteiger partial charge in [0.05, 0.1) is 17.6 Å². The molecule has 3 N–H and O–H groups in total. The highest BCUT2D eigenvalue weighted by molar-refractivity contribution is 5.84. The van der Waals surface area contributed by atoms with Crippen molar-refractivity contribution in [3.05, 3.63) is 28.1 Å². The Labute approximate surface area is 100 Å². The number of fused-ring (bicyclic) bond motifs is 1. The molecule has 1 aromatic carbocycles. The molecule has 0 bridgehead atoms.